The Hall–Kier alpha value is -1.27. The molecule has 0 rings (SSSR count). The summed E-state index contributed by atoms with van der Waals surface area (Å²) >= 11 is 0. The number of halogens is 3. The second-order valence-electron chi connectivity index (χ2n) is 4.77. The fraction of sp³-hybridized carbons (Fsp3) is 0.800. The minimum absolute atomic E-state index is 0.520. The molecular weight excluding hydrogens is 237 g/mol. The van der Waals surface area contributed by atoms with Crippen molar-refractivity contribution in [3.05, 3.63) is 0 Å². The molecule has 0 aliphatic carbocycles. The fourth-order valence-electron chi connectivity index (χ4n) is 1.21. The van der Waals surface area contributed by atoms with Gasteiger partial charge in [-0.1, -0.05) is 20.8 Å². The summed E-state index contributed by atoms with van der Waals surface area (Å²) in [6, 6.07) is -0.998. The van der Waals surface area contributed by atoms with E-state index in [1.807, 2.05) is 0 Å². The molecule has 0 aliphatic rings. The van der Waals surface area contributed by atoms with Crippen LogP contribution in [0.3, 0.4) is 0 Å². The van der Waals surface area contributed by atoms with E-state index in [-0.39, 0.29) is 0 Å². The molecule has 0 radical (unpaired) electrons. The van der Waals surface area contributed by atoms with E-state index in [2.05, 4.69) is 10.6 Å². The maximum absolute atomic E-state index is 12.0. The van der Waals surface area contributed by atoms with Gasteiger partial charge in [0.05, 0.1) is 0 Å². The highest BCUT2D eigenvalue weighted by Gasteiger charge is 2.36. The Morgan fingerprint density at radius 2 is 1.65 bits per heavy atom. The topological polar surface area (TPSA) is 58.2 Å². The van der Waals surface area contributed by atoms with Gasteiger partial charge in [-0.25, -0.2) is 0 Å². The summed E-state index contributed by atoms with van der Waals surface area (Å²) in [5, 5.41) is 4.40. The zero-order chi connectivity index (χ0) is 13.9. The number of carbonyl (C=O) groups excluding carboxylic acids is 2. The molecule has 0 fully saturated rings. The third-order valence-corrected chi connectivity index (χ3v) is 2.04. The van der Waals surface area contributed by atoms with Crippen molar-refractivity contribution in [2.24, 2.45) is 5.41 Å². The number of nitrogens with one attached hydrogen (secondary N) is 2. The van der Waals surface area contributed by atoms with Crippen molar-refractivity contribution < 1.29 is 22.8 Å². The van der Waals surface area contributed by atoms with Crippen LogP contribution in [0.15, 0.2) is 0 Å². The quantitative estimate of drug-likeness (QED) is 0.795. The fourth-order valence-corrected chi connectivity index (χ4v) is 1.21. The Morgan fingerprint density at radius 1 is 1.18 bits per heavy atom. The van der Waals surface area contributed by atoms with Crippen molar-refractivity contribution in [1.29, 1.82) is 0 Å². The molecule has 2 amide bonds. The van der Waals surface area contributed by atoms with E-state index in [1.54, 1.807) is 20.8 Å². The van der Waals surface area contributed by atoms with Crippen molar-refractivity contribution >= 4 is 11.8 Å². The van der Waals surface area contributed by atoms with Crippen LogP contribution < -0.4 is 10.6 Å². The average Bonchev–Trinajstić information content (AvgIpc) is 2.08. The number of hydrogen-bond donors (Lipinski definition) is 2. The standard InChI is InChI=1S/C10H17F3N2O2/c1-9(2,3)7(8(17)14-4)15-6(16)5-10(11,12)13/h7H,5H2,1-4H3,(H,14,17)(H,15,16). The first-order valence-electron chi connectivity index (χ1n) is 5.05. The third-order valence-electron chi connectivity index (χ3n) is 2.04. The molecule has 2 N–H and O–H groups in total. The number of hydrogen-bond acceptors (Lipinski definition) is 2. The number of alkyl halides is 3. The van der Waals surface area contributed by atoms with Crippen LogP contribution in [0, 0.1) is 5.41 Å². The third kappa shape index (κ3) is 6.13. The smallest absolute Gasteiger partial charge is 0.357 e. The number of carbonyl (C=O) groups is 2. The summed E-state index contributed by atoms with van der Waals surface area (Å²) in [5.41, 5.74) is -0.665. The van der Waals surface area contributed by atoms with Crippen molar-refractivity contribution in [3.8, 4) is 0 Å². The molecule has 4 nitrogen and oxygen atoms in total. The Balaban J connectivity index is 4.67. The average molecular weight is 254 g/mol. The van der Waals surface area contributed by atoms with Gasteiger partial charge >= 0.3 is 6.18 Å². The molecule has 17 heavy (non-hydrogen) atoms. The highest BCUT2D eigenvalue weighted by molar-refractivity contribution is 5.88. The minimum Gasteiger partial charge on any atom is -0.357 e. The number of amides is 2. The van der Waals surface area contributed by atoms with Gasteiger partial charge in [-0.05, 0) is 5.41 Å². The van der Waals surface area contributed by atoms with Crippen LogP contribution >= 0.6 is 0 Å². The molecule has 0 spiro atoms. The lowest BCUT2D eigenvalue weighted by Crippen LogP contribution is -2.53. The van der Waals surface area contributed by atoms with Crippen LogP contribution in [-0.4, -0.2) is 31.1 Å². The van der Waals surface area contributed by atoms with Crippen molar-refractivity contribution in [2.45, 2.75) is 39.4 Å². The maximum Gasteiger partial charge on any atom is 0.397 e. The van der Waals surface area contributed by atoms with Gasteiger partial charge in [-0.3, -0.25) is 9.59 Å². The van der Waals surface area contributed by atoms with Crippen LogP contribution in [-0.2, 0) is 9.59 Å². The first kappa shape index (κ1) is 15.7. The summed E-state index contributed by atoms with van der Waals surface area (Å²) in [6.07, 6.45) is -6.16. The van der Waals surface area contributed by atoms with Crippen molar-refractivity contribution in [3.63, 3.8) is 0 Å². The van der Waals surface area contributed by atoms with Gasteiger partial charge in [0.2, 0.25) is 11.8 Å². The number of likely N-dealkylation sites (N-methyl/N-ethyl adjacent to an activating group) is 1. The molecule has 100 valence electrons. The van der Waals surface area contributed by atoms with Gasteiger partial charge in [0.15, 0.2) is 0 Å². The lowest BCUT2D eigenvalue weighted by atomic mass is 9.86. The highest BCUT2D eigenvalue weighted by Crippen LogP contribution is 2.22. The second-order valence-corrected chi connectivity index (χ2v) is 4.77. The second kappa shape index (κ2) is 5.37. The lowest BCUT2D eigenvalue weighted by molar-refractivity contribution is -0.156. The Kier molecular flexibility index (Phi) is 4.97. The summed E-state index contributed by atoms with van der Waals surface area (Å²) in [5.74, 6) is -1.73. The molecule has 1 atom stereocenters. The van der Waals surface area contributed by atoms with Gasteiger partial charge in [0.1, 0.15) is 12.5 Å². The molecule has 0 bridgehead atoms. The maximum atomic E-state index is 12.0. The van der Waals surface area contributed by atoms with Gasteiger partial charge < -0.3 is 10.6 Å². The zero-order valence-corrected chi connectivity index (χ0v) is 10.2. The molecule has 0 saturated heterocycles. The molecule has 7 heteroatoms. The first-order chi connectivity index (χ1) is 7.47. The summed E-state index contributed by atoms with van der Waals surface area (Å²) < 4.78 is 35.9. The van der Waals surface area contributed by atoms with Gasteiger partial charge in [-0.2, -0.15) is 13.2 Å². The van der Waals surface area contributed by atoms with Crippen molar-refractivity contribution in [1.82, 2.24) is 10.6 Å². The molecule has 0 aliphatic heterocycles. The predicted octanol–water partition coefficient (Wildman–Crippen LogP) is 1.22. The molecule has 0 heterocycles. The Morgan fingerprint density at radius 3 is 1.94 bits per heavy atom. The van der Waals surface area contributed by atoms with Crippen molar-refractivity contribution in [2.75, 3.05) is 7.05 Å². The Labute approximate surface area is 97.9 Å². The van der Waals surface area contributed by atoms with Crippen LogP contribution in [0.1, 0.15) is 27.2 Å². The van der Waals surface area contributed by atoms with E-state index < -0.39 is 35.9 Å². The molecular formula is C10H17F3N2O2. The van der Waals surface area contributed by atoms with Gasteiger partial charge in [0, 0.05) is 7.05 Å². The Bertz CT molecular complexity index is 295. The summed E-state index contributed by atoms with van der Waals surface area (Å²) in [7, 11) is 1.36. The molecule has 1 unspecified atom stereocenters. The molecule has 0 aromatic carbocycles. The molecule has 0 aromatic rings. The van der Waals surface area contributed by atoms with E-state index >= 15 is 0 Å². The zero-order valence-electron chi connectivity index (χ0n) is 10.2. The summed E-state index contributed by atoms with van der Waals surface area (Å²) in [6.45, 7) is 4.96. The lowest BCUT2D eigenvalue weighted by Gasteiger charge is -2.30. The van der Waals surface area contributed by atoms with Gasteiger partial charge in [0.25, 0.3) is 0 Å². The minimum atomic E-state index is -4.57. The van der Waals surface area contributed by atoms with E-state index in [0.29, 0.717) is 0 Å². The molecule has 0 saturated carbocycles. The largest absolute Gasteiger partial charge is 0.397 e. The van der Waals surface area contributed by atoms with Crippen LogP contribution in [0.2, 0.25) is 0 Å². The molecule has 0 aromatic heterocycles. The van der Waals surface area contributed by atoms with Gasteiger partial charge in [-0.15, -0.1) is 0 Å². The van der Waals surface area contributed by atoms with E-state index in [0.717, 1.165) is 0 Å². The first-order valence-corrected chi connectivity index (χ1v) is 5.05. The normalized spacial score (nSPS) is 14.1. The summed E-state index contributed by atoms with van der Waals surface area (Å²) in [4.78, 5) is 22.6. The van der Waals surface area contributed by atoms with Crippen LogP contribution in [0.4, 0.5) is 13.2 Å². The SMILES string of the molecule is CNC(=O)C(NC(=O)CC(F)(F)F)C(C)(C)C. The van der Waals surface area contributed by atoms with E-state index in [4.69, 9.17) is 0 Å². The monoisotopic (exact) mass is 254 g/mol. The highest BCUT2D eigenvalue weighted by atomic mass is 19.4. The van der Waals surface area contributed by atoms with E-state index in [1.165, 1.54) is 7.05 Å². The number of rotatable bonds is 3. The van der Waals surface area contributed by atoms with E-state index in [9.17, 15) is 22.8 Å². The van der Waals surface area contributed by atoms with Crippen LogP contribution in [0.5, 0.6) is 0 Å². The predicted molar refractivity (Wildman–Crippen MR) is 56.1 cm³/mol. The van der Waals surface area contributed by atoms with Crippen LogP contribution in [0.25, 0.3) is 0 Å².